The Morgan fingerprint density at radius 1 is 1.06 bits per heavy atom. The van der Waals surface area contributed by atoms with Gasteiger partial charge in [-0.1, -0.05) is 25.7 Å². The molecule has 3 heteroatoms. The summed E-state index contributed by atoms with van der Waals surface area (Å²) in [6.45, 7) is 0. The average molecular weight is 250 g/mol. The molecule has 3 rings (SSSR count). The SMILES string of the molecule is CN(C(=O)C1CC2CCCCC2N1)C1CCCC1. The van der Waals surface area contributed by atoms with Gasteiger partial charge < -0.3 is 10.2 Å². The first-order valence-corrected chi connectivity index (χ1v) is 7.78. The van der Waals surface area contributed by atoms with Gasteiger partial charge in [0.25, 0.3) is 0 Å². The van der Waals surface area contributed by atoms with Crippen molar-refractivity contribution < 1.29 is 4.79 Å². The van der Waals surface area contributed by atoms with Gasteiger partial charge in [0.2, 0.25) is 5.91 Å². The van der Waals surface area contributed by atoms with Crippen LogP contribution in [0.3, 0.4) is 0 Å². The number of fused-ring (bicyclic) bond motifs is 1. The van der Waals surface area contributed by atoms with Crippen LogP contribution in [0.1, 0.15) is 57.8 Å². The topological polar surface area (TPSA) is 32.3 Å². The standard InChI is InChI=1S/C15H26N2O/c1-17(12-7-3-4-8-12)15(18)14-10-11-6-2-5-9-13(11)16-14/h11-14,16H,2-10H2,1H3. The highest BCUT2D eigenvalue weighted by Gasteiger charge is 2.40. The van der Waals surface area contributed by atoms with Crippen LogP contribution < -0.4 is 5.32 Å². The van der Waals surface area contributed by atoms with Gasteiger partial charge in [-0.3, -0.25) is 4.79 Å². The molecule has 0 spiro atoms. The second-order valence-electron chi connectivity index (χ2n) is 6.49. The molecule has 0 aromatic rings. The molecule has 0 bridgehead atoms. The zero-order valence-corrected chi connectivity index (χ0v) is 11.5. The van der Waals surface area contributed by atoms with Gasteiger partial charge in [0, 0.05) is 19.1 Å². The van der Waals surface area contributed by atoms with Crippen LogP contribution >= 0.6 is 0 Å². The first-order chi connectivity index (χ1) is 8.75. The van der Waals surface area contributed by atoms with Crippen LogP contribution in [0.25, 0.3) is 0 Å². The lowest BCUT2D eigenvalue weighted by Crippen LogP contribution is -2.47. The number of hydrogen-bond donors (Lipinski definition) is 1. The number of nitrogens with zero attached hydrogens (tertiary/aromatic N) is 1. The summed E-state index contributed by atoms with van der Waals surface area (Å²) in [5.74, 6) is 1.13. The molecule has 3 atom stereocenters. The first kappa shape index (κ1) is 12.5. The van der Waals surface area contributed by atoms with E-state index < -0.39 is 0 Å². The maximum atomic E-state index is 12.5. The second-order valence-corrected chi connectivity index (χ2v) is 6.49. The fraction of sp³-hybridized carbons (Fsp3) is 0.933. The summed E-state index contributed by atoms with van der Waals surface area (Å²) in [5.41, 5.74) is 0. The van der Waals surface area contributed by atoms with Gasteiger partial charge in [-0.2, -0.15) is 0 Å². The molecule has 1 amide bonds. The zero-order valence-electron chi connectivity index (χ0n) is 11.5. The molecule has 3 nitrogen and oxygen atoms in total. The van der Waals surface area contributed by atoms with Crippen LogP contribution in [0, 0.1) is 5.92 Å². The second kappa shape index (κ2) is 5.20. The van der Waals surface area contributed by atoms with E-state index in [2.05, 4.69) is 5.32 Å². The molecule has 2 aliphatic carbocycles. The maximum absolute atomic E-state index is 12.5. The molecule has 0 aromatic heterocycles. The quantitative estimate of drug-likeness (QED) is 0.815. The minimum absolute atomic E-state index is 0.115. The van der Waals surface area contributed by atoms with Crippen LogP contribution in [-0.4, -0.2) is 36.0 Å². The van der Waals surface area contributed by atoms with E-state index in [0.29, 0.717) is 18.0 Å². The summed E-state index contributed by atoms with van der Waals surface area (Å²) >= 11 is 0. The summed E-state index contributed by atoms with van der Waals surface area (Å²) in [7, 11) is 2.02. The van der Waals surface area contributed by atoms with E-state index in [-0.39, 0.29) is 6.04 Å². The van der Waals surface area contributed by atoms with Crippen LogP contribution in [0.15, 0.2) is 0 Å². The van der Waals surface area contributed by atoms with Crippen molar-refractivity contribution in [1.29, 1.82) is 0 Å². The Kier molecular flexibility index (Phi) is 3.60. The van der Waals surface area contributed by atoms with Crippen molar-refractivity contribution >= 4 is 5.91 Å². The van der Waals surface area contributed by atoms with Crippen molar-refractivity contribution in [2.75, 3.05) is 7.05 Å². The Hall–Kier alpha value is -0.570. The van der Waals surface area contributed by atoms with Crippen LogP contribution in [-0.2, 0) is 4.79 Å². The molecule has 1 saturated heterocycles. The molecule has 102 valence electrons. The van der Waals surface area contributed by atoms with Gasteiger partial charge in [-0.15, -0.1) is 0 Å². The first-order valence-electron chi connectivity index (χ1n) is 7.78. The lowest BCUT2D eigenvalue weighted by Gasteiger charge is -2.27. The van der Waals surface area contributed by atoms with E-state index in [1.54, 1.807) is 0 Å². The van der Waals surface area contributed by atoms with Crippen molar-refractivity contribution in [2.24, 2.45) is 5.92 Å². The monoisotopic (exact) mass is 250 g/mol. The molecular weight excluding hydrogens is 224 g/mol. The summed E-state index contributed by atoms with van der Waals surface area (Å²) in [6.07, 6.45) is 11.4. The molecule has 0 aromatic carbocycles. The minimum Gasteiger partial charge on any atom is -0.341 e. The van der Waals surface area contributed by atoms with Crippen molar-refractivity contribution in [1.82, 2.24) is 10.2 Å². The lowest BCUT2D eigenvalue weighted by molar-refractivity contribution is -0.133. The third-order valence-corrected chi connectivity index (χ3v) is 5.38. The van der Waals surface area contributed by atoms with Gasteiger partial charge in [0.15, 0.2) is 0 Å². The van der Waals surface area contributed by atoms with Gasteiger partial charge >= 0.3 is 0 Å². The Bertz CT molecular complexity index is 298. The van der Waals surface area contributed by atoms with Crippen molar-refractivity contribution in [3.8, 4) is 0 Å². The van der Waals surface area contributed by atoms with Crippen molar-refractivity contribution in [2.45, 2.75) is 75.9 Å². The van der Waals surface area contributed by atoms with Crippen LogP contribution in [0.2, 0.25) is 0 Å². The molecule has 18 heavy (non-hydrogen) atoms. The fourth-order valence-corrected chi connectivity index (χ4v) is 4.23. The Morgan fingerprint density at radius 2 is 1.72 bits per heavy atom. The highest BCUT2D eigenvalue weighted by Crippen LogP contribution is 2.34. The number of amides is 1. The number of hydrogen-bond acceptors (Lipinski definition) is 2. The zero-order chi connectivity index (χ0) is 12.5. The number of carbonyl (C=O) groups is 1. The van der Waals surface area contributed by atoms with Crippen molar-refractivity contribution in [3.05, 3.63) is 0 Å². The molecule has 2 saturated carbocycles. The predicted molar refractivity (Wildman–Crippen MR) is 72.3 cm³/mol. The smallest absolute Gasteiger partial charge is 0.239 e. The van der Waals surface area contributed by atoms with E-state index in [1.807, 2.05) is 11.9 Å². The lowest BCUT2D eigenvalue weighted by atomic mass is 9.85. The number of nitrogens with one attached hydrogen (secondary N) is 1. The maximum Gasteiger partial charge on any atom is 0.239 e. The van der Waals surface area contributed by atoms with Crippen LogP contribution in [0.4, 0.5) is 0 Å². The van der Waals surface area contributed by atoms with E-state index in [9.17, 15) is 4.79 Å². The van der Waals surface area contributed by atoms with Crippen molar-refractivity contribution in [3.63, 3.8) is 0 Å². The third-order valence-electron chi connectivity index (χ3n) is 5.38. The number of rotatable bonds is 2. The average Bonchev–Trinajstić information content (AvgIpc) is 3.05. The molecule has 1 aliphatic heterocycles. The highest BCUT2D eigenvalue weighted by atomic mass is 16.2. The predicted octanol–water partition coefficient (Wildman–Crippen LogP) is 2.31. The molecule has 3 fully saturated rings. The van der Waals surface area contributed by atoms with E-state index in [4.69, 9.17) is 0 Å². The normalized spacial score (nSPS) is 36.6. The summed E-state index contributed by atoms with van der Waals surface area (Å²) in [6, 6.07) is 1.26. The number of carbonyl (C=O) groups excluding carboxylic acids is 1. The Balaban J connectivity index is 1.59. The van der Waals surface area contributed by atoms with Gasteiger partial charge in [-0.25, -0.2) is 0 Å². The van der Waals surface area contributed by atoms with Crippen LogP contribution in [0.5, 0.6) is 0 Å². The Morgan fingerprint density at radius 3 is 2.44 bits per heavy atom. The fourth-order valence-electron chi connectivity index (χ4n) is 4.23. The minimum atomic E-state index is 0.115. The number of likely N-dealkylation sites (N-methyl/N-ethyl adjacent to an activating group) is 1. The van der Waals surface area contributed by atoms with E-state index >= 15 is 0 Å². The third kappa shape index (κ3) is 2.29. The van der Waals surface area contributed by atoms with Gasteiger partial charge in [-0.05, 0) is 38.0 Å². The molecule has 3 aliphatic rings. The molecule has 3 unspecified atom stereocenters. The van der Waals surface area contributed by atoms with Gasteiger partial charge in [0.05, 0.1) is 6.04 Å². The Labute approximate surface area is 110 Å². The molecule has 1 heterocycles. The summed E-state index contributed by atoms with van der Waals surface area (Å²) in [4.78, 5) is 14.6. The molecule has 0 radical (unpaired) electrons. The van der Waals surface area contributed by atoms with E-state index in [0.717, 1.165) is 12.3 Å². The van der Waals surface area contributed by atoms with Gasteiger partial charge in [0.1, 0.15) is 0 Å². The summed E-state index contributed by atoms with van der Waals surface area (Å²) < 4.78 is 0. The largest absolute Gasteiger partial charge is 0.341 e. The van der Waals surface area contributed by atoms with E-state index in [1.165, 1.54) is 51.4 Å². The molecule has 1 N–H and O–H groups in total. The molecular formula is C15H26N2O. The highest BCUT2D eigenvalue weighted by molar-refractivity contribution is 5.82. The summed E-state index contributed by atoms with van der Waals surface area (Å²) in [5, 5.41) is 3.61.